The Balaban J connectivity index is 2.53. The third kappa shape index (κ3) is 4.51. The molecular formula is C18H24BrFN2O3S2. The van der Waals surface area contributed by atoms with Crippen LogP contribution in [0.4, 0.5) is 4.39 Å². The molecule has 1 aromatic carbocycles. The highest BCUT2D eigenvalue weighted by Gasteiger charge is 2.53. The normalized spacial score (nSPS) is 20.2. The maximum atomic E-state index is 14.6. The van der Waals surface area contributed by atoms with E-state index in [0.29, 0.717) is 10.9 Å². The van der Waals surface area contributed by atoms with Crippen molar-refractivity contribution in [2.75, 3.05) is 5.75 Å². The molecule has 0 spiro atoms. The zero-order valence-electron chi connectivity index (χ0n) is 15.8. The maximum absolute atomic E-state index is 14.6. The van der Waals surface area contributed by atoms with Gasteiger partial charge in [-0.25, -0.2) is 12.8 Å². The zero-order valence-corrected chi connectivity index (χ0v) is 19.0. The molecule has 2 atom stereocenters. The quantitative estimate of drug-likeness (QED) is 0.628. The lowest BCUT2D eigenvalue weighted by atomic mass is 9.86. The Kier molecular flexibility index (Phi) is 6.40. The zero-order chi connectivity index (χ0) is 20.7. The van der Waals surface area contributed by atoms with E-state index < -0.39 is 47.8 Å². The maximum Gasteiger partial charge on any atom is 0.171 e. The summed E-state index contributed by atoms with van der Waals surface area (Å²) in [5.74, 6) is -1.13. The van der Waals surface area contributed by atoms with E-state index in [-0.39, 0.29) is 18.4 Å². The molecule has 1 unspecified atom stereocenters. The van der Waals surface area contributed by atoms with Crippen LogP contribution in [0.25, 0.3) is 0 Å². The minimum atomic E-state index is -3.90. The van der Waals surface area contributed by atoms with Gasteiger partial charge >= 0.3 is 0 Å². The van der Waals surface area contributed by atoms with Crippen LogP contribution >= 0.6 is 15.9 Å². The standard InChI is InChI=1S/C18H24BrFN2O3S2/c1-16(2,3)26(23)22-17(4,14-10-13(19)6-7-15(14)20)12-27(24,25)18(11-21)8-5-9-18/h6-7,10,22H,5,8-9,12H2,1-4H3/t17-,26?/m0/s1. The van der Waals surface area contributed by atoms with E-state index in [1.54, 1.807) is 20.8 Å². The Bertz CT molecular complexity index is 860. The lowest BCUT2D eigenvalue weighted by molar-refractivity contribution is 0.389. The summed E-state index contributed by atoms with van der Waals surface area (Å²) in [6, 6.07) is 6.17. The van der Waals surface area contributed by atoms with Gasteiger partial charge in [0.25, 0.3) is 0 Å². The SMILES string of the molecule is CC(C)(C)[S+]([O-])N[C@@](C)(CS(=O)(=O)C1(C#N)CCC1)c1cc(Br)ccc1F. The summed E-state index contributed by atoms with van der Waals surface area (Å²) in [5, 5.41) is 9.46. The van der Waals surface area contributed by atoms with Gasteiger partial charge in [0.15, 0.2) is 14.6 Å². The first kappa shape index (κ1) is 22.6. The minimum Gasteiger partial charge on any atom is -0.598 e. The van der Waals surface area contributed by atoms with Crippen LogP contribution in [-0.2, 0) is 26.7 Å². The summed E-state index contributed by atoms with van der Waals surface area (Å²) in [4.78, 5) is 0. The molecule has 1 fully saturated rings. The summed E-state index contributed by atoms with van der Waals surface area (Å²) in [6.07, 6.45) is 1.20. The Morgan fingerprint density at radius 2 is 1.96 bits per heavy atom. The van der Waals surface area contributed by atoms with Gasteiger partial charge in [0.05, 0.1) is 11.8 Å². The van der Waals surface area contributed by atoms with Crippen LogP contribution < -0.4 is 4.72 Å². The molecule has 0 heterocycles. The van der Waals surface area contributed by atoms with Crippen LogP contribution in [0.2, 0.25) is 0 Å². The van der Waals surface area contributed by atoms with Crippen LogP contribution in [0.15, 0.2) is 22.7 Å². The van der Waals surface area contributed by atoms with Gasteiger partial charge in [-0.15, -0.1) is 4.72 Å². The first-order valence-corrected chi connectivity index (χ1v) is 12.1. The fourth-order valence-corrected chi connectivity index (χ4v) is 6.61. The van der Waals surface area contributed by atoms with Gasteiger partial charge in [-0.3, -0.25) is 0 Å². The molecule has 0 saturated heterocycles. The van der Waals surface area contributed by atoms with E-state index in [1.807, 2.05) is 6.07 Å². The highest BCUT2D eigenvalue weighted by atomic mass is 79.9. The Labute approximate surface area is 172 Å². The number of hydrogen-bond donors (Lipinski definition) is 1. The van der Waals surface area contributed by atoms with E-state index in [9.17, 15) is 22.6 Å². The van der Waals surface area contributed by atoms with Gasteiger partial charge < -0.3 is 4.55 Å². The summed E-state index contributed by atoms with van der Waals surface area (Å²) >= 11 is 1.63. The van der Waals surface area contributed by atoms with Crippen molar-refractivity contribution in [1.82, 2.24) is 4.72 Å². The van der Waals surface area contributed by atoms with Crippen molar-refractivity contribution in [3.8, 4) is 6.07 Å². The van der Waals surface area contributed by atoms with Gasteiger partial charge in [0.2, 0.25) is 0 Å². The Morgan fingerprint density at radius 1 is 1.37 bits per heavy atom. The average molecular weight is 479 g/mol. The van der Waals surface area contributed by atoms with Gasteiger partial charge in [0.1, 0.15) is 16.1 Å². The highest BCUT2D eigenvalue weighted by molar-refractivity contribution is 9.10. The van der Waals surface area contributed by atoms with Crippen LogP contribution in [0.5, 0.6) is 0 Å². The Morgan fingerprint density at radius 3 is 2.41 bits per heavy atom. The lowest BCUT2D eigenvalue weighted by Crippen LogP contribution is -2.56. The highest BCUT2D eigenvalue weighted by Crippen LogP contribution is 2.42. The summed E-state index contributed by atoms with van der Waals surface area (Å²) in [7, 11) is -3.90. The van der Waals surface area contributed by atoms with E-state index in [4.69, 9.17) is 0 Å². The number of hydrogen-bond acceptors (Lipinski definition) is 5. The average Bonchev–Trinajstić information content (AvgIpc) is 2.47. The third-order valence-corrected chi connectivity index (χ3v) is 9.73. The predicted octanol–water partition coefficient (Wildman–Crippen LogP) is 3.72. The molecule has 0 aliphatic heterocycles. The molecule has 2 rings (SSSR count). The second kappa shape index (κ2) is 7.64. The smallest absolute Gasteiger partial charge is 0.171 e. The van der Waals surface area contributed by atoms with E-state index >= 15 is 0 Å². The van der Waals surface area contributed by atoms with Gasteiger partial charge in [-0.1, -0.05) is 15.9 Å². The van der Waals surface area contributed by atoms with E-state index in [1.165, 1.54) is 25.1 Å². The number of halogens is 2. The topological polar surface area (TPSA) is 93.0 Å². The summed E-state index contributed by atoms with van der Waals surface area (Å²) in [5.41, 5.74) is -1.38. The minimum absolute atomic E-state index is 0.0884. The number of nitriles is 1. The van der Waals surface area contributed by atoms with E-state index in [2.05, 4.69) is 20.7 Å². The number of nitrogens with one attached hydrogen (secondary N) is 1. The molecule has 1 saturated carbocycles. The molecule has 150 valence electrons. The Hall–Kier alpha value is -0.660. The molecule has 0 aromatic heterocycles. The monoisotopic (exact) mass is 478 g/mol. The molecule has 0 radical (unpaired) electrons. The molecule has 27 heavy (non-hydrogen) atoms. The number of nitrogens with zero attached hydrogens (tertiary/aromatic N) is 1. The molecular weight excluding hydrogens is 455 g/mol. The van der Waals surface area contributed by atoms with Crippen LogP contribution in [0, 0.1) is 17.1 Å². The number of rotatable bonds is 6. The number of sulfone groups is 1. The second-order valence-electron chi connectivity index (χ2n) is 8.16. The van der Waals surface area contributed by atoms with Gasteiger partial charge in [0, 0.05) is 21.4 Å². The fraction of sp³-hybridized carbons (Fsp3) is 0.611. The molecule has 1 aliphatic carbocycles. The molecule has 0 amide bonds. The van der Waals surface area contributed by atoms with Crippen molar-refractivity contribution in [2.24, 2.45) is 0 Å². The largest absolute Gasteiger partial charge is 0.598 e. The van der Waals surface area contributed by atoms with Crippen LogP contribution in [0.1, 0.15) is 52.5 Å². The van der Waals surface area contributed by atoms with Crippen molar-refractivity contribution in [1.29, 1.82) is 5.26 Å². The lowest BCUT2D eigenvalue weighted by Gasteiger charge is -2.40. The first-order valence-electron chi connectivity index (χ1n) is 8.55. The van der Waals surface area contributed by atoms with Crippen molar-refractivity contribution < 1.29 is 17.4 Å². The predicted molar refractivity (Wildman–Crippen MR) is 108 cm³/mol. The van der Waals surface area contributed by atoms with Crippen molar-refractivity contribution in [3.05, 3.63) is 34.1 Å². The van der Waals surface area contributed by atoms with E-state index in [0.717, 1.165) is 0 Å². The van der Waals surface area contributed by atoms with Crippen molar-refractivity contribution in [2.45, 2.75) is 62.0 Å². The molecule has 5 nitrogen and oxygen atoms in total. The number of benzene rings is 1. The van der Waals surface area contributed by atoms with Gasteiger partial charge in [-0.2, -0.15) is 5.26 Å². The molecule has 9 heteroatoms. The molecule has 0 bridgehead atoms. The third-order valence-electron chi connectivity index (χ3n) is 4.84. The fourth-order valence-electron chi connectivity index (χ4n) is 2.95. The summed E-state index contributed by atoms with van der Waals surface area (Å²) in [6.45, 7) is 6.74. The molecule has 1 aliphatic rings. The van der Waals surface area contributed by atoms with Crippen LogP contribution in [0.3, 0.4) is 0 Å². The summed E-state index contributed by atoms with van der Waals surface area (Å²) < 4.78 is 54.8. The first-order chi connectivity index (χ1) is 12.3. The van der Waals surface area contributed by atoms with Crippen molar-refractivity contribution in [3.63, 3.8) is 0 Å². The van der Waals surface area contributed by atoms with Crippen molar-refractivity contribution >= 4 is 37.1 Å². The molecule has 1 aromatic rings. The van der Waals surface area contributed by atoms with Crippen LogP contribution in [-0.4, -0.2) is 28.2 Å². The molecule has 1 N–H and O–H groups in total. The van der Waals surface area contributed by atoms with Gasteiger partial charge in [-0.05, 0) is 65.2 Å². The second-order valence-corrected chi connectivity index (χ2v) is 13.3.